The Morgan fingerprint density at radius 2 is 2.40 bits per heavy atom. The van der Waals surface area contributed by atoms with Crippen LogP contribution in [-0.4, -0.2) is 44.1 Å². The van der Waals surface area contributed by atoms with E-state index in [1.165, 1.54) is 10.9 Å². The van der Waals surface area contributed by atoms with Crippen molar-refractivity contribution in [2.24, 2.45) is 0 Å². The molecule has 2 aromatic rings. The van der Waals surface area contributed by atoms with E-state index in [0.29, 0.717) is 24.7 Å². The first kappa shape index (κ1) is 14.4. The van der Waals surface area contributed by atoms with Crippen molar-refractivity contribution in [1.29, 1.82) is 0 Å². The van der Waals surface area contributed by atoms with Crippen LogP contribution in [0.3, 0.4) is 0 Å². The maximum Gasteiger partial charge on any atom is 0.287 e. The minimum absolute atomic E-state index is 0.0615. The van der Waals surface area contributed by atoms with Crippen molar-refractivity contribution in [3.63, 3.8) is 0 Å². The number of tetrazole rings is 1. The second kappa shape index (κ2) is 6.44. The van der Waals surface area contributed by atoms with Gasteiger partial charge in [-0.25, -0.2) is 4.68 Å². The lowest BCUT2D eigenvalue weighted by Gasteiger charge is -2.13. The normalized spacial score (nSPS) is 12.3. The van der Waals surface area contributed by atoms with Gasteiger partial charge < -0.3 is 10.1 Å². The number of nitrogens with zero attached hydrogens (tertiary/aromatic N) is 5. The van der Waals surface area contributed by atoms with E-state index in [1.807, 2.05) is 6.92 Å². The summed E-state index contributed by atoms with van der Waals surface area (Å²) in [5, 5.41) is 20.6. The van der Waals surface area contributed by atoms with Gasteiger partial charge in [-0.1, -0.05) is 16.8 Å². The van der Waals surface area contributed by atoms with Gasteiger partial charge in [-0.15, -0.1) is 10.2 Å². The largest absolute Gasteiger partial charge is 0.383 e. The van der Waals surface area contributed by atoms with Gasteiger partial charge in [0.15, 0.2) is 5.82 Å². The minimum atomic E-state index is -0.381. The summed E-state index contributed by atoms with van der Waals surface area (Å²) < 4.78 is 6.15. The van der Waals surface area contributed by atoms with Gasteiger partial charge in [-0.05, 0) is 6.92 Å². The Labute approximate surface area is 119 Å². The van der Waals surface area contributed by atoms with Gasteiger partial charge in [-0.2, -0.15) is 10.3 Å². The number of anilines is 1. The third kappa shape index (κ3) is 3.11. The Morgan fingerprint density at radius 3 is 3.05 bits per heavy atom. The predicted molar refractivity (Wildman–Crippen MR) is 71.6 cm³/mol. The molecule has 0 aromatic carbocycles. The molecule has 0 saturated heterocycles. The summed E-state index contributed by atoms with van der Waals surface area (Å²) in [6.07, 6.45) is 1.48. The number of rotatable bonds is 6. The first-order valence-corrected chi connectivity index (χ1v) is 6.25. The zero-order valence-corrected chi connectivity index (χ0v) is 11.8. The first-order chi connectivity index (χ1) is 9.63. The third-order valence-corrected chi connectivity index (χ3v) is 2.98. The van der Waals surface area contributed by atoms with Crippen molar-refractivity contribution < 1.29 is 4.74 Å². The molecule has 0 saturated carbocycles. The Balaban J connectivity index is 2.17. The van der Waals surface area contributed by atoms with Crippen LogP contribution in [0.15, 0.2) is 11.0 Å². The van der Waals surface area contributed by atoms with Crippen molar-refractivity contribution in [2.45, 2.75) is 19.5 Å². The number of nitrogens with one attached hydrogen (secondary N) is 2. The average Bonchev–Trinajstić information content (AvgIpc) is 2.97. The van der Waals surface area contributed by atoms with E-state index >= 15 is 0 Å². The predicted octanol–water partition coefficient (Wildman–Crippen LogP) is 0.229. The van der Waals surface area contributed by atoms with Gasteiger partial charge >= 0.3 is 0 Å². The molecule has 20 heavy (non-hydrogen) atoms. The van der Waals surface area contributed by atoms with Crippen molar-refractivity contribution in [1.82, 2.24) is 30.4 Å². The summed E-state index contributed by atoms with van der Waals surface area (Å²) in [4.78, 5) is 12.0. The minimum Gasteiger partial charge on any atom is -0.383 e. The molecule has 0 aliphatic carbocycles. The molecule has 2 N–H and O–H groups in total. The molecule has 0 bridgehead atoms. The molecule has 0 amide bonds. The highest BCUT2D eigenvalue weighted by Gasteiger charge is 2.14. The lowest BCUT2D eigenvalue weighted by atomic mass is 10.3. The topological polar surface area (TPSA) is 111 Å². The maximum atomic E-state index is 12.0. The van der Waals surface area contributed by atoms with E-state index in [1.54, 1.807) is 7.11 Å². The quantitative estimate of drug-likeness (QED) is 0.785. The Hall–Kier alpha value is -2.00. The van der Waals surface area contributed by atoms with Crippen molar-refractivity contribution in [2.75, 3.05) is 19.0 Å². The number of hydrogen-bond donors (Lipinski definition) is 2. The van der Waals surface area contributed by atoms with Crippen LogP contribution in [-0.2, 0) is 11.3 Å². The molecular weight excluding hydrogens is 286 g/mol. The zero-order chi connectivity index (χ0) is 14.5. The third-order valence-electron chi connectivity index (χ3n) is 2.61. The zero-order valence-electron chi connectivity index (χ0n) is 11.0. The van der Waals surface area contributed by atoms with Crippen LogP contribution in [0.1, 0.15) is 18.8 Å². The summed E-state index contributed by atoms with van der Waals surface area (Å²) >= 11 is 6.04. The Morgan fingerprint density at radius 1 is 1.60 bits per heavy atom. The summed E-state index contributed by atoms with van der Waals surface area (Å²) in [7, 11) is 1.55. The fourth-order valence-electron chi connectivity index (χ4n) is 1.55. The fraction of sp³-hybridized carbons (Fsp3) is 0.500. The smallest absolute Gasteiger partial charge is 0.287 e. The lowest BCUT2D eigenvalue weighted by Crippen LogP contribution is -2.26. The Kier molecular flexibility index (Phi) is 4.64. The second-order valence-corrected chi connectivity index (χ2v) is 4.41. The summed E-state index contributed by atoms with van der Waals surface area (Å²) in [6.45, 7) is 2.54. The van der Waals surface area contributed by atoms with E-state index < -0.39 is 0 Å². The van der Waals surface area contributed by atoms with Crippen LogP contribution in [0.5, 0.6) is 0 Å². The molecule has 0 aliphatic rings. The van der Waals surface area contributed by atoms with E-state index in [-0.39, 0.29) is 16.6 Å². The molecule has 0 spiro atoms. The molecule has 2 rings (SSSR count). The SMILES string of the molecule is COCCn1ncc(NC(C)c2nn[nH]n2)c(Cl)c1=O. The van der Waals surface area contributed by atoms with E-state index in [0.717, 1.165) is 0 Å². The highest BCUT2D eigenvalue weighted by Crippen LogP contribution is 2.20. The van der Waals surface area contributed by atoms with Crippen molar-refractivity contribution >= 4 is 17.3 Å². The van der Waals surface area contributed by atoms with Gasteiger partial charge in [-0.3, -0.25) is 4.79 Å². The maximum absolute atomic E-state index is 12.0. The number of aromatic nitrogens is 6. The molecule has 2 heterocycles. The van der Waals surface area contributed by atoms with Crippen LogP contribution in [0.4, 0.5) is 5.69 Å². The highest BCUT2D eigenvalue weighted by atomic mass is 35.5. The van der Waals surface area contributed by atoms with Crippen LogP contribution in [0.25, 0.3) is 0 Å². The number of halogens is 1. The van der Waals surface area contributed by atoms with E-state index in [4.69, 9.17) is 16.3 Å². The van der Waals surface area contributed by atoms with Gasteiger partial charge in [0.2, 0.25) is 0 Å². The standard InChI is InChI=1S/C10H14ClN7O2/c1-6(9-14-16-17-15-9)13-7-5-12-18(3-4-20-2)10(19)8(7)11/h5-6,13H,3-4H2,1-2H3,(H,14,15,16,17). The van der Waals surface area contributed by atoms with Crippen LogP contribution >= 0.6 is 11.6 Å². The number of ether oxygens (including phenoxy) is 1. The molecule has 9 nitrogen and oxygen atoms in total. The number of methoxy groups -OCH3 is 1. The summed E-state index contributed by atoms with van der Waals surface area (Å²) in [5.74, 6) is 0.463. The molecule has 1 atom stereocenters. The number of hydrogen-bond acceptors (Lipinski definition) is 7. The highest BCUT2D eigenvalue weighted by molar-refractivity contribution is 6.32. The molecule has 1 unspecified atom stereocenters. The molecule has 0 fully saturated rings. The average molecular weight is 300 g/mol. The first-order valence-electron chi connectivity index (χ1n) is 5.88. The second-order valence-electron chi connectivity index (χ2n) is 4.03. The van der Waals surface area contributed by atoms with Crippen LogP contribution in [0.2, 0.25) is 5.02 Å². The monoisotopic (exact) mass is 299 g/mol. The molecule has 2 aromatic heterocycles. The fourth-order valence-corrected chi connectivity index (χ4v) is 1.75. The molecule has 10 heteroatoms. The van der Waals surface area contributed by atoms with Gasteiger partial charge in [0.1, 0.15) is 5.02 Å². The van der Waals surface area contributed by atoms with Crippen LogP contribution < -0.4 is 10.9 Å². The Bertz CT molecular complexity index is 613. The number of aromatic amines is 1. The summed E-state index contributed by atoms with van der Waals surface area (Å²) in [5.41, 5.74) is 0.0386. The number of H-pyrrole nitrogens is 1. The van der Waals surface area contributed by atoms with E-state index in [9.17, 15) is 4.79 Å². The summed E-state index contributed by atoms with van der Waals surface area (Å²) in [6, 6.07) is -0.262. The lowest BCUT2D eigenvalue weighted by molar-refractivity contribution is 0.182. The molecular formula is C10H14ClN7O2. The van der Waals surface area contributed by atoms with Gasteiger partial charge in [0.05, 0.1) is 31.1 Å². The van der Waals surface area contributed by atoms with Crippen molar-refractivity contribution in [3.05, 3.63) is 27.4 Å². The molecule has 108 valence electrons. The van der Waals surface area contributed by atoms with Gasteiger partial charge in [0, 0.05) is 7.11 Å². The van der Waals surface area contributed by atoms with Crippen LogP contribution in [0, 0.1) is 0 Å². The molecule has 0 radical (unpaired) electrons. The molecule has 0 aliphatic heterocycles. The van der Waals surface area contributed by atoms with Crippen molar-refractivity contribution in [3.8, 4) is 0 Å². The van der Waals surface area contributed by atoms with Gasteiger partial charge in [0.25, 0.3) is 5.56 Å². The van der Waals surface area contributed by atoms with E-state index in [2.05, 4.69) is 31.0 Å².